The topological polar surface area (TPSA) is 46.6 Å². The standard InChI is InChI=1S/C20H20FNO3/c1-13(23)15-8-9-18(25-2)16(11-15)12-19(24)22-10-4-6-14-5-3-7-17(21)20(14)22/h3,5,7-9,11H,4,6,10,12H2,1-2H3. The second-order valence-electron chi connectivity index (χ2n) is 6.16. The summed E-state index contributed by atoms with van der Waals surface area (Å²) in [6.07, 6.45) is 1.62. The van der Waals surface area contributed by atoms with Crippen molar-refractivity contribution in [3.63, 3.8) is 0 Å². The highest BCUT2D eigenvalue weighted by Gasteiger charge is 2.26. The van der Waals surface area contributed by atoms with Crippen LogP contribution in [-0.4, -0.2) is 25.3 Å². The van der Waals surface area contributed by atoms with E-state index in [1.165, 1.54) is 25.0 Å². The maximum Gasteiger partial charge on any atom is 0.231 e. The zero-order chi connectivity index (χ0) is 18.0. The number of ether oxygens (including phenoxy) is 1. The van der Waals surface area contributed by atoms with Crippen LogP contribution in [0.1, 0.15) is 34.8 Å². The van der Waals surface area contributed by atoms with Crippen LogP contribution in [-0.2, 0) is 17.6 Å². The molecule has 1 aliphatic rings. The van der Waals surface area contributed by atoms with Gasteiger partial charge >= 0.3 is 0 Å². The van der Waals surface area contributed by atoms with Crippen LogP contribution in [0.15, 0.2) is 36.4 Å². The molecule has 1 heterocycles. The third-order valence-electron chi connectivity index (χ3n) is 4.50. The summed E-state index contributed by atoms with van der Waals surface area (Å²) in [5.41, 5.74) is 2.38. The van der Waals surface area contributed by atoms with Crippen molar-refractivity contribution in [1.82, 2.24) is 0 Å². The highest BCUT2D eigenvalue weighted by molar-refractivity contribution is 5.98. The minimum Gasteiger partial charge on any atom is -0.496 e. The van der Waals surface area contributed by atoms with Gasteiger partial charge in [0.25, 0.3) is 0 Å². The molecule has 1 aliphatic heterocycles. The second kappa shape index (κ2) is 7.05. The van der Waals surface area contributed by atoms with Gasteiger partial charge < -0.3 is 9.64 Å². The largest absolute Gasteiger partial charge is 0.496 e. The van der Waals surface area contributed by atoms with E-state index in [1.807, 2.05) is 6.07 Å². The predicted molar refractivity (Wildman–Crippen MR) is 93.8 cm³/mol. The number of anilines is 1. The van der Waals surface area contributed by atoms with Crippen molar-refractivity contribution in [1.29, 1.82) is 0 Å². The Bertz CT molecular complexity index is 832. The Morgan fingerprint density at radius 1 is 1.24 bits per heavy atom. The highest BCUT2D eigenvalue weighted by atomic mass is 19.1. The average molecular weight is 341 g/mol. The first-order valence-electron chi connectivity index (χ1n) is 8.27. The fourth-order valence-electron chi connectivity index (χ4n) is 3.25. The lowest BCUT2D eigenvalue weighted by molar-refractivity contribution is -0.118. The van der Waals surface area contributed by atoms with E-state index in [9.17, 15) is 14.0 Å². The van der Waals surface area contributed by atoms with Crippen LogP contribution in [0, 0.1) is 5.82 Å². The quantitative estimate of drug-likeness (QED) is 0.799. The van der Waals surface area contributed by atoms with Gasteiger partial charge in [0.1, 0.15) is 11.6 Å². The van der Waals surface area contributed by atoms with Gasteiger partial charge in [0.15, 0.2) is 5.78 Å². The number of Topliss-reactive ketones (excluding diaryl/α,β-unsaturated/α-hetero) is 1. The number of fused-ring (bicyclic) bond motifs is 1. The first kappa shape index (κ1) is 17.1. The summed E-state index contributed by atoms with van der Waals surface area (Å²) in [4.78, 5) is 26.0. The molecule has 2 aromatic rings. The first-order valence-corrected chi connectivity index (χ1v) is 8.27. The summed E-state index contributed by atoms with van der Waals surface area (Å²) >= 11 is 0. The van der Waals surface area contributed by atoms with Gasteiger partial charge in [-0.3, -0.25) is 9.59 Å². The predicted octanol–water partition coefficient (Wildman–Crippen LogP) is 3.56. The summed E-state index contributed by atoms with van der Waals surface area (Å²) < 4.78 is 19.6. The molecule has 0 spiro atoms. The highest BCUT2D eigenvalue weighted by Crippen LogP contribution is 2.31. The molecular weight excluding hydrogens is 321 g/mol. The fraction of sp³-hybridized carbons (Fsp3) is 0.300. The first-order chi connectivity index (χ1) is 12.0. The molecule has 0 fully saturated rings. The summed E-state index contributed by atoms with van der Waals surface area (Å²) in [5.74, 6) is -0.116. The molecule has 0 unspecified atom stereocenters. The van der Waals surface area contributed by atoms with E-state index < -0.39 is 0 Å². The van der Waals surface area contributed by atoms with Crippen LogP contribution in [0.25, 0.3) is 0 Å². The third-order valence-corrected chi connectivity index (χ3v) is 4.50. The van der Waals surface area contributed by atoms with Crippen molar-refractivity contribution in [3.8, 4) is 5.75 Å². The molecule has 25 heavy (non-hydrogen) atoms. The van der Waals surface area contributed by atoms with E-state index in [0.717, 1.165) is 18.4 Å². The van der Waals surface area contributed by atoms with Crippen LogP contribution in [0.2, 0.25) is 0 Å². The number of methoxy groups -OCH3 is 1. The Labute approximate surface area is 146 Å². The Morgan fingerprint density at radius 2 is 2.04 bits per heavy atom. The molecule has 4 nitrogen and oxygen atoms in total. The maximum absolute atomic E-state index is 14.3. The number of hydrogen-bond acceptors (Lipinski definition) is 3. The number of carbonyl (C=O) groups is 2. The molecule has 0 radical (unpaired) electrons. The minimum atomic E-state index is -0.380. The van der Waals surface area contributed by atoms with Crippen molar-refractivity contribution >= 4 is 17.4 Å². The van der Waals surface area contributed by atoms with Gasteiger partial charge in [0, 0.05) is 17.7 Å². The zero-order valence-corrected chi connectivity index (χ0v) is 14.3. The SMILES string of the molecule is COc1ccc(C(C)=O)cc1CC(=O)N1CCCc2cccc(F)c21. The summed E-state index contributed by atoms with van der Waals surface area (Å²) in [7, 11) is 1.52. The number of ketones is 1. The molecule has 130 valence electrons. The van der Waals surface area contributed by atoms with Crippen LogP contribution >= 0.6 is 0 Å². The van der Waals surface area contributed by atoms with Gasteiger partial charge in [0.05, 0.1) is 19.2 Å². The van der Waals surface area contributed by atoms with Crippen molar-refractivity contribution in [2.24, 2.45) is 0 Å². The van der Waals surface area contributed by atoms with E-state index in [-0.39, 0.29) is 23.9 Å². The second-order valence-corrected chi connectivity index (χ2v) is 6.16. The lowest BCUT2D eigenvalue weighted by Crippen LogP contribution is -2.37. The van der Waals surface area contributed by atoms with Gasteiger partial charge in [-0.1, -0.05) is 12.1 Å². The summed E-state index contributed by atoms with van der Waals surface area (Å²) in [6, 6.07) is 9.93. The Balaban J connectivity index is 1.92. The molecule has 5 heteroatoms. The number of aryl methyl sites for hydroxylation is 1. The number of nitrogens with zero attached hydrogens (tertiary/aromatic N) is 1. The number of carbonyl (C=O) groups excluding carboxylic acids is 2. The summed E-state index contributed by atoms with van der Waals surface area (Å²) in [5, 5.41) is 0. The van der Waals surface area contributed by atoms with E-state index >= 15 is 0 Å². The van der Waals surface area contributed by atoms with Crippen LogP contribution in [0.5, 0.6) is 5.75 Å². The monoisotopic (exact) mass is 341 g/mol. The Hall–Kier alpha value is -2.69. The smallest absolute Gasteiger partial charge is 0.231 e. The zero-order valence-electron chi connectivity index (χ0n) is 14.3. The van der Waals surface area contributed by atoms with E-state index in [1.54, 1.807) is 24.3 Å². The van der Waals surface area contributed by atoms with E-state index in [0.29, 0.717) is 29.1 Å². The molecule has 0 N–H and O–H groups in total. The van der Waals surface area contributed by atoms with E-state index in [2.05, 4.69) is 0 Å². The number of amides is 1. The minimum absolute atomic E-state index is 0.0536. The lowest BCUT2D eigenvalue weighted by atomic mass is 9.99. The molecule has 0 bridgehead atoms. The number of hydrogen-bond donors (Lipinski definition) is 0. The van der Waals surface area contributed by atoms with Crippen molar-refractivity contribution in [2.45, 2.75) is 26.2 Å². The van der Waals surface area contributed by atoms with Crippen LogP contribution in [0.4, 0.5) is 10.1 Å². The van der Waals surface area contributed by atoms with Gasteiger partial charge in [-0.2, -0.15) is 0 Å². The molecule has 0 saturated heterocycles. The lowest BCUT2D eigenvalue weighted by Gasteiger charge is -2.30. The molecule has 3 rings (SSSR count). The molecule has 2 aromatic carbocycles. The number of benzene rings is 2. The molecule has 0 saturated carbocycles. The van der Waals surface area contributed by atoms with Crippen LogP contribution in [0.3, 0.4) is 0 Å². The molecule has 0 aromatic heterocycles. The van der Waals surface area contributed by atoms with Gasteiger partial charge in [-0.25, -0.2) is 4.39 Å². The molecular formula is C20H20FNO3. The van der Waals surface area contributed by atoms with Crippen molar-refractivity contribution in [2.75, 3.05) is 18.6 Å². The van der Waals surface area contributed by atoms with Gasteiger partial charge in [0.2, 0.25) is 5.91 Å². The van der Waals surface area contributed by atoms with Crippen molar-refractivity contribution in [3.05, 3.63) is 58.9 Å². The van der Waals surface area contributed by atoms with E-state index in [4.69, 9.17) is 4.74 Å². The Kier molecular flexibility index (Phi) is 4.83. The molecule has 0 aliphatic carbocycles. The number of para-hydroxylation sites is 1. The fourth-order valence-corrected chi connectivity index (χ4v) is 3.25. The van der Waals surface area contributed by atoms with Crippen LogP contribution < -0.4 is 9.64 Å². The average Bonchev–Trinajstić information content (AvgIpc) is 2.61. The maximum atomic E-state index is 14.3. The normalized spacial score (nSPS) is 13.3. The van der Waals surface area contributed by atoms with Gasteiger partial charge in [-0.15, -0.1) is 0 Å². The third kappa shape index (κ3) is 3.40. The number of rotatable bonds is 4. The summed E-state index contributed by atoms with van der Waals surface area (Å²) in [6.45, 7) is 1.96. The Morgan fingerprint density at radius 3 is 2.76 bits per heavy atom. The van der Waals surface area contributed by atoms with Crippen molar-refractivity contribution < 1.29 is 18.7 Å². The molecule has 1 amide bonds. The molecule has 0 atom stereocenters. The number of halogens is 1. The van der Waals surface area contributed by atoms with Gasteiger partial charge in [-0.05, 0) is 49.6 Å².